The van der Waals surface area contributed by atoms with Crippen LogP contribution in [0.5, 0.6) is 0 Å². The van der Waals surface area contributed by atoms with Gasteiger partial charge in [0.25, 0.3) is 0 Å². The number of likely N-dealkylation sites (tertiary alicyclic amines) is 1. The standard InChI is InChI=1S/C21H27F4N3O2/c22-13-15-9-16(21(23,24)25)12-17(10-15)27-19(29)11-14-4-7-28(8-5-14)20(30)18-3-1-2-6-26-18/h9-10,12,14,18,26H,1-8,11,13H2,(H,27,29)/t18-/m0/s1. The minimum atomic E-state index is -4.61. The first-order valence-electron chi connectivity index (χ1n) is 10.4. The van der Waals surface area contributed by atoms with E-state index in [-0.39, 0.29) is 35.5 Å². The molecule has 0 aromatic heterocycles. The highest BCUT2D eigenvalue weighted by atomic mass is 19.4. The lowest BCUT2D eigenvalue weighted by molar-refractivity contribution is -0.138. The van der Waals surface area contributed by atoms with Gasteiger partial charge >= 0.3 is 6.18 Å². The first-order chi connectivity index (χ1) is 14.3. The van der Waals surface area contributed by atoms with Crippen molar-refractivity contribution < 1.29 is 27.2 Å². The van der Waals surface area contributed by atoms with Gasteiger partial charge in [-0.05, 0) is 61.9 Å². The predicted molar refractivity (Wildman–Crippen MR) is 104 cm³/mol. The molecule has 0 aliphatic carbocycles. The quantitative estimate of drug-likeness (QED) is 0.699. The maximum atomic E-state index is 13.0. The lowest BCUT2D eigenvalue weighted by Crippen LogP contribution is -2.50. The molecule has 2 aliphatic rings. The molecule has 1 atom stereocenters. The normalized spacial score (nSPS) is 20.8. The number of nitrogens with zero attached hydrogens (tertiary/aromatic N) is 1. The number of nitrogens with one attached hydrogen (secondary N) is 2. The summed E-state index contributed by atoms with van der Waals surface area (Å²) in [5.74, 6) is -0.238. The summed E-state index contributed by atoms with van der Waals surface area (Å²) in [6.07, 6.45) is -0.144. The molecule has 2 saturated heterocycles. The highest BCUT2D eigenvalue weighted by Gasteiger charge is 2.32. The van der Waals surface area contributed by atoms with E-state index in [0.29, 0.717) is 25.9 Å². The van der Waals surface area contributed by atoms with Crippen molar-refractivity contribution in [3.63, 3.8) is 0 Å². The van der Waals surface area contributed by atoms with E-state index in [1.165, 1.54) is 6.07 Å². The smallest absolute Gasteiger partial charge is 0.341 e. The highest BCUT2D eigenvalue weighted by Crippen LogP contribution is 2.32. The molecule has 0 bridgehead atoms. The average molecular weight is 429 g/mol. The SMILES string of the molecule is O=C(CC1CCN(C(=O)[C@@H]2CCCCN2)CC1)Nc1cc(CF)cc(C(F)(F)F)c1. The average Bonchev–Trinajstić information content (AvgIpc) is 2.73. The van der Waals surface area contributed by atoms with Crippen LogP contribution in [-0.2, 0) is 22.4 Å². The van der Waals surface area contributed by atoms with Crippen molar-refractivity contribution in [2.75, 3.05) is 25.0 Å². The van der Waals surface area contributed by atoms with Crippen molar-refractivity contribution in [2.45, 2.75) is 57.4 Å². The second-order valence-corrected chi connectivity index (χ2v) is 8.07. The number of hydrogen-bond donors (Lipinski definition) is 2. The van der Waals surface area contributed by atoms with E-state index in [1.807, 2.05) is 4.90 Å². The van der Waals surface area contributed by atoms with Crippen LogP contribution in [0.1, 0.15) is 49.7 Å². The fourth-order valence-corrected chi connectivity index (χ4v) is 4.12. The summed E-state index contributed by atoms with van der Waals surface area (Å²) in [4.78, 5) is 26.7. The van der Waals surface area contributed by atoms with E-state index >= 15 is 0 Å². The summed E-state index contributed by atoms with van der Waals surface area (Å²) in [5.41, 5.74) is -1.18. The van der Waals surface area contributed by atoms with Crippen molar-refractivity contribution in [3.8, 4) is 0 Å². The molecule has 0 saturated carbocycles. The Labute approximate surface area is 173 Å². The van der Waals surface area contributed by atoms with E-state index in [1.54, 1.807) is 0 Å². The molecule has 3 rings (SSSR count). The minimum absolute atomic E-state index is 0.0554. The van der Waals surface area contributed by atoms with Crippen LogP contribution in [-0.4, -0.2) is 42.4 Å². The highest BCUT2D eigenvalue weighted by molar-refractivity contribution is 5.91. The van der Waals surface area contributed by atoms with Gasteiger partial charge in [0.05, 0.1) is 11.6 Å². The van der Waals surface area contributed by atoms with Crippen molar-refractivity contribution >= 4 is 17.5 Å². The molecule has 1 aromatic carbocycles. The summed E-state index contributed by atoms with van der Waals surface area (Å²) < 4.78 is 51.8. The number of halogens is 4. The number of carbonyl (C=O) groups excluding carboxylic acids is 2. The van der Waals surface area contributed by atoms with Gasteiger partial charge in [0, 0.05) is 25.2 Å². The second kappa shape index (κ2) is 9.76. The van der Waals surface area contributed by atoms with Gasteiger partial charge < -0.3 is 15.5 Å². The van der Waals surface area contributed by atoms with Crippen LogP contribution < -0.4 is 10.6 Å². The van der Waals surface area contributed by atoms with Gasteiger partial charge in [0.15, 0.2) is 0 Å². The third kappa shape index (κ3) is 5.93. The Morgan fingerprint density at radius 2 is 1.83 bits per heavy atom. The molecule has 2 aliphatic heterocycles. The molecule has 0 spiro atoms. The molecule has 166 valence electrons. The van der Waals surface area contributed by atoms with Crippen molar-refractivity contribution in [3.05, 3.63) is 29.3 Å². The lowest BCUT2D eigenvalue weighted by Gasteiger charge is -2.35. The van der Waals surface area contributed by atoms with Crippen molar-refractivity contribution in [1.82, 2.24) is 10.2 Å². The number of carbonyl (C=O) groups is 2. The van der Waals surface area contributed by atoms with E-state index in [9.17, 15) is 27.2 Å². The summed E-state index contributed by atoms with van der Waals surface area (Å²) in [7, 11) is 0. The molecule has 2 heterocycles. The Hall–Kier alpha value is -2.16. The predicted octanol–water partition coefficient (Wildman–Crippen LogP) is 3.88. The number of piperidine rings is 2. The largest absolute Gasteiger partial charge is 0.416 e. The van der Waals surface area contributed by atoms with Gasteiger partial charge in [-0.15, -0.1) is 0 Å². The summed E-state index contributed by atoms with van der Waals surface area (Å²) in [6.45, 7) is 0.955. The lowest BCUT2D eigenvalue weighted by atomic mass is 9.92. The van der Waals surface area contributed by atoms with Crippen molar-refractivity contribution in [2.24, 2.45) is 5.92 Å². The Morgan fingerprint density at radius 1 is 1.10 bits per heavy atom. The summed E-state index contributed by atoms with van der Waals surface area (Å²) in [6, 6.07) is 2.65. The molecule has 2 fully saturated rings. The number of benzene rings is 1. The molecule has 0 radical (unpaired) electrons. The van der Waals surface area contributed by atoms with E-state index in [2.05, 4.69) is 10.6 Å². The molecule has 5 nitrogen and oxygen atoms in total. The van der Waals surface area contributed by atoms with Crippen LogP contribution in [0.25, 0.3) is 0 Å². The van der Waals surface area contributed by atoms with Crippen molar-refractivity contribution in [1.29, 1.82) is 0 Å². The van der Waals surface area contributed by atoms with Gasteiger partial charge in [-0.25, -0.2) is 4.39 Å². The second-order valence-electron chi connectivity index (χ2n) is 8.07. The molecule has 9 heteroatoms. The van der Waals surface area contributed by atoms with Gasteiger partial charge in [0.2, 0.25) is 11.8 Å². The number of rotatable bonds is 5. The molecular weight excluding hydrogens is 402 g/mol. The zero-order valence-electron chi connectivity index (χ0n) is 16.7. The summed E-state index contributed by atoms with van der Waals surface area (Å²) in [5, 5.41) is 5.72. The van der Waals surface area contributed by atoms with Crippen LogP contribution in [0.3, 0.4) is 0 Å². The topological polar surface area (TPSA) is 61.4 Å². The molecular formula is C21H27F4N3O2. The van der Waals surface area contributed by atoms with Crippen LogP contribution in [0.15, 0.2) is 18.2 Å². The first kappa shape index (κ1) is 22.5. The van der Waals surface area contributed by atoms with Gasteiger partial charge in [-0.2, -0.15) is 13.2 Å². The van der Waals surface area contributed by atoms with Gasteiger partial charge in [-0.3, -0.25) is 9.59 Å². The maximum absolute atomic E-state index is 13.0. The number of hydrogen-bond acceptors (Lipinski definition) is 3. The third-order valence-electron chi connectivity index (χ3n) is 5.77. The molecule has 2 N–H and O–H groups in total. The van der Waals surface area contributed by atoms with E-state index < -0.39 is 24.3 Å². The van der Waals surface area contributed by atoms with Gasteiger partial charge in [0.1, 0.15) is 6.67 Å². The van der Waals surface area contributed by atoms with Crippen LogP contribution in [0.2, 0.25) is 0 Å². The Bertz CT molecular complexity index is 755. The maximum Gasteiger partial charge on any atom is 0.416 e. The third-order valence-corrected chi connectivity index (χ3v) is 5.77. The van der Waals surface area contributed by atoms with E-state index in [4.69, 9.17) is 0 Å². The Balaban J connectivity index is 1.51. The minimum Gasteiger partial charge on any atom is -0.341 e. The van der Waals surface area contributed by atoms with E-state index in [0.717, 1.165) is 37.9 Å². The van der Waals surface area contributed by atoms with Gasteiger partial charge in [-0.1, -0.05) is 6.42 Å². The fraction of sp³-hybridized carbons (Fsp3) is 0.619. The van der Waals surface area contributed by atoms with Crippen LogP contribution >= 0.6 is 0 Å². The fourth-order valence-electron chi connectivity index (χ4n) is 4.12. The number of anilines is 1. The first-order valence-corrected chi connectivity index (χ1v) is 10.4. The molecule has 2 amide bonds. The zero-order chi connectivity index (χ0) is 21.7. The Kier molecular flexibility index (Phi) is 7.33. The Morgan fingerprint density at radius 3 is 2.43 bits per heavy atom. The summed E-state index contributed by atoms with van der Waals surface area (Å²) >= 11 is 0. The monoisotopic (exact) mass is 429 g/mol. The van der Waals surface area contributed by atoms with Crippen LogP contribution in [0, 0.1) is 5.92 Å². The molecule has 30 heavy (non-hydrogen) atoms. The molecule has 0 unspecified atom stereocenters. The van der Waals surface area contributed by atoms with Crippen LogP contribution in [0.4, 0.5) is 23.2 Å². The number of amides is 2. The number of alkyl halides is 4. The molecule has 1 aromatic rings. The zero-order valence-corrected chi connectivity index (χ0v) is 16.7.